The highest BCUT2D eigenvalue weighted by Crippen LogP contribution is 2.18. The Hall–Kier alpha value is -6.24. The minimum Gasteiger partial charge on any atom is -0.378 e. The minimum absolute atomic E-state index is 0.0109. The molecule has 0 aliphatic carbocycles. The first-order valence-corrected chi connectivity index (χ1v) is 19.2. The molecule has 0 atom stereocenters. The van der Waals surface area contributed by atoms with Crippen molar-refractivity contribution in [2.24, 2.45) is 5.73 Å². The van der Waals surface area contributed by atoms with Gasteiger partial charge < -0.3 is 40.1 Å². The van der Waals surface area contributed by atoms with Gasteiger partial charge in [0.1, 0.15) is 0 Å². The van der Waals surface area contributed by atoms with Crippen molar-refractivity contribution >= 4 is 29.5 Å². The Morgan fingerprint density at radius 3 is 1.28 bits per heavy atom. The van der Waals surface area contributed by atoms with Crippen molar-refractivity contribution in [3.8, 4) is 0 Å². The summed E-state index contributed by atoms with van der Waals surface area (Å²) >= 11 is 0. The molecule has 2 aliphatic heterocycles. The van der Waals surface area contributed by atoms with E-state index in [-0.39, 0.29) is 36.5 Å². The van der Waals surface area contributed by atoms with Crippen LogP contribution in [0.4, 0.5) is 22.8 Å². The van der Waals surface area contributed by atoms with Gasteiger partial charge in [-0.05, 0) is 46.5 Å². The number of morpholine rings is 2. The summed E-state index contributed by atoms with van der Waals surface area (Å²) in [5.41, 5.74) is 9.76. The fourth-order valence-electron chi connectivity index (χ4n) is 6.22. The van der Waals surface area contributed by atoms with E-state index in [0.717, 1.165) is 22.3 Å². The highest BCUT2D eigenvalue weighted by Gasteiger charge is 2.38. The van der Waals surface area contributed by atoms with E-state index >= 15 is 0 Å². The summed E-state index contributed by atoms with van der Waals surface area (Å²) in [6.07, 6.45) is 1.69. The number of amides is 5. The average molecular weight is 833 g/mol. The van der Waals surface area contributed by atoms with Gasteiger partial charge in [0.05, 0.1) is 39.5 Å². The van der Waals surface area contributed by atoms with E-state index in [1.54, 1.807) is 69.1 Å². The minimum atomic E-state index is -5.05. The van der Waals surface area contributed by atoms with E-state index in [4.69, 9.17) is 15.2 Å². The van der Waals surface area contributed by atoms with Crippen LogP contribution in [-0.4, -0.2) is 131 Å². The lowest BCUT2D eigenvalue weighted by Gasteiger charge is -2.33. The zero-order valence-corrected chi connectivity index (χ0v) is 32.9. The summed E-state index contributed by atoms with van der Waals surface area (Å²) in [4.78, 5) is 75.8. The number of nitrogens with zero attached hydrogens (tertiary/aromatic N) is 6. The van der Waals surface area contributed by atoms with Gasteiger partial charge in [0.15, 0.2) is 11.6 Å². The zero-order chi connectivity index (χ0) is 42.9. The maximum absolute atomic E-state index is 13.1. The van der Waals surface area contributed by atoms with Gasteiger partial charge >= 0.3 is 24.1 Å². The number of carbonyl (C=O) groups is 5. The molecule has 4 heterocycles. The van der Waals surface area contributed by atoms with E-state index < -0.39 is 24.4 Å². The van der Waals surface area contributed by atoms with Gasteiger partial charge in [0.25, 0.3) is 0 Å². The second-order valence-electron chi connectivity index (χ2n) is 13.8. The van der Waals surface area contributed by atoms with Crippen LogP contribution in [0.25, 0.3) is 0 Å². The van der Waals surface area contributed by atoms with E-state index in [1.807, 2.05) is 41.3 Å². The van der Waals surface area contributed by atoms with Crippen LogP contribution in [-0.2, 0) is 40.4 Å². The third kappa shape index (κ3) is 13.7. The van der Waals surface area contributed by atoms with Crippen LogP contribution in [0.15, 0.2) is 97.6 Å². The third-order valence-corrected chi connectivity index (χ3v) is 9.50. The molecule has 6 rings (SSSR count). The predicted octanol–water partition coefficient (Wildman–Crippen LogP) is 4.07. The van der Waals surface area contributed by atoms with Crippen molar-refractivity contribution < 1.29 is 46.6 Å². The molecule has 0 bridgehead atoms. The van der Waals surface area contributed by atoms with Crippen LogP contribution in [0.2, 0.25) is 0 Å². The van der Waals surface area contributed by atoms with Crippen molar-refractivity contribution in [1.29, 1.82) is 0 Å². The summed E-state index contributed by atoms with van der Waals surface area (Å²) in [7, 11) is 0. The molecule has 318 valence electrons. The number of hydrogen-bond acceptors (Lipinski definition) is 10. The quantitative estimate of drug-likeness (QED) is 0.187. The van der Waals surface area contributed by atoms with Crippen molar-refractivity contribution in [3.05, 3.63) is 131 Å². The summed E-state index contributed by atoms with van der Waals surface area (Å²) in [6.45, 7) is 5.00. The fraction of sp³-hybridized carbons (Fsp3) is 0.357. The number of aromatic nitrogens is 2. The number of ether oxygens (including phenoxy) is 2. The van der Waals surface area contributed by atoms with Gasteiger partial charge in [-0.2, -0.15) is 13.2 Å². The molecule has 0 unspecified atom stereocenters. The smallest absolute Gasteiger partial charge is 0.378 e. The molecule has 0 spiro atoms. The molecule has 4 aromatic rings. The van der Waals surface area contributed by atoms with Gasteiger partial charge in [-0.3, -0.25) is 24.4 Å². The fourth-order valence-corrected chi connectivity index (χ4v) is 6.22. The maximum Gasteiger partial charge on any atom is 0.471 e. The Balaban J connectivity index is 0.000000232. The molecule has 2 saturated heterocycles. The number of benzene rings is 2. The number of nitrogens with two attached hydrogens (primary N) is 1. The second kappa shape index (κ2) is 22.2. The van der Waals surface area contributed by atoms with E-state index in [0.29, 0.717) is 77.8 Å². The average Bonchev–Trinajstić information content (AvgIpc) is 3.28. The first-order valence-electron chi connectivity index (χ1n) is 19.2. The molecule has 0 saturated carbocycles. The zero-order valence-electron chi connectivity index (χ0n) is 32.9. The molecule has 2 fully saturated rings. The van der Waals surface area contributed by atoms with Gasteiger partial charge in [-0.15, -0.1) is 0 Å². The Morgan fingerprint density at radius 2 is 0.933 bits per heavy atom. The normalized spacial score (nSPS) is 14.0. The van der Waals surface area contributed by atoms with Gasteiger partial charge in [-0.1, -0.05) is 48.5 Å². The predicted molar refractivity (Wildman–Crippen MR) is 212 cm³/mol. The Kier molecular flexibility index (Phi) is 16.6. The standard InChI is InChI=1S/C22H23F3N4O4.C20H24N4O3/c23-22(24,25)20(31)27-13-19(30)18-3-1-16(2-4-18)14-29(15-17-5-7-26-8-6-17)21(32)28-9-11-33-12-10-28;21-13-19(25)18-3-1-16(2-4-18)14-24(15-17-5-7-22-8-6-17)20(26)23-9-11-27-12-10-23/h1-8H,9-15H2,(H,27,31);1-8H,9-15,21H2. The Bertz CT molecular complexity index is 2010. The molecule has 18 heteroatoms. The topological polar surface area (TPSA) is 181 Å². The van der Waals surface area contributed by atoms with E-state index in [9.17, 15) is 37.1 Å². The first kappa shape index (κ1) is 44.9. The number of Topliss-reactive ketones (excluding diaryl/α,β-unsaturated/α-hetero) is 2. The molecule has 5 amide bonds. The molecule has 2 aliphatic rings. The molecule has 3 N–H and O–H groups in total. The van der Waals surface area contributed by atoms with Crippen LogP contribution in [0.1, 0.15) is 43.0 Å². The van der Waals surface area contributed by atoms with Crippen LogP contribution in [0.5, 0.6) is 0 Å². The number of nitrogens with one attached hydrogen (secondary N) is 1. The maximum atomic E-state index is 13.1. The van der Waals surface area contributed by atoms with Gasteiger partial charge in [0.2, 0.25) is 0 Å². The van der Waals surface area contributed by atoms with E-state index in [1.165, 1.54) is 12.1 Å². The largest absolute Gasteiger partial charge is 0.471 e. The summed E-state index contributed by atoms with van der Waals surface area (Å²) in [5.74, 6) is -2.92. The highest BCUT2D eigenvalue weighted by molar-refractivity contribution is 6.00. The number of urea groups is 2. The summed E-state index contributed by atoms with van der Waals surface area (Å²) in [5, 5.41) is 1.56. The number of ketones is 2. The molecule has 2 aromatic carbocycles. The first-order chi connectivity index (χ1) is 28.9. The monoisotopic (exact) mass is 832 g/mol. The lowest BCUT2D eigenvalue weighted by Crippen LogP contribution is -2.47. The van der Waals surface area contributed by atoms with E-state index in [2.05, 4.69) is 9.97 Å². The lowest BCUT2D eigenvalue weighted by molar-refractivity contribution is -0.173. The van der Waals surface area contributed by atoms with Crippen LogP contribution < -0.4 is 11.1 Å². The number of pyridine rings is 2. The van der Waals surface area contributed by atoms with Crippen LogP contribution >= 0.6 is 0 Å². The van der Waals surface area contributed by atoms with Crippen molar-refractivity contribution in [2.45, 2.75) is 32.4 Å². The number of halogens is 3. The van der Waals surface area contributed by atoms with Crippen molar-refractivity contribution in [1.82, 2.24) is 34.9 Å². The van der Waals surface area contributed by atoms with Crippen LogP contribution in [0.3, 0.4) is 0 Å². The molecule has 60 heavy (non-hydrogen) atoms. The Morgan fingerprint density at radius 1 is 0.583 bits per heavy atom. The summed E-state index contributed by atoms with van der Waals surface area (Å²) in [6, 6.07) is 20.7. The van der Waals surface area contributed by atoms with Gasteiger partial charge in [0, 0.05) is 88.3 Å². The lowest BCUT2D eigenvalue weighted by atomic mass is 10.1. The Labute approximate surface area is 345 Å². The number of carbonyl (C=O) groups excluding carboxylic acids is 5. The van der Waals surface area contributed by atoms with Crippen LogP contribution in [0, 0.1) is 0 Å². The summed E-state index contributed by atoms with van der Waals surface area (Å²) < 4.78 is 47.5. The number of hydrogen-bond donors (Lipinski definition) is 2. The SMILES string of the molecule is NCC(=O)c1ccc(CN(Cc2ccncc2)C(=O)N2CCOCC2)cc1.O=C(CNC(=O)C(F)(F)F)c1ccc(CN(Cc2ccncc2)C(=O)N2CCOCC2)cc1. The molecule has 2 aromatic heterocycles. The molecular formula is C42H47F3N8O7. The third-order valence-electron chi connectivity index (χ3n) is 9.50. The molecule has 15 nitrogen and oxygen atoms in total. The molecule has 0 radical (unpaired) electrons. The van der Waals surface area contributed by atoms with Crippen molar-refractivity contribution in [2.75, 3.05) is 65.7 Å². The second-order valence-corrected chi connectivity index (χ2v) is 13.8. The number of rotatable bonds is 13. The number of alkyl halides is 3. The highest BCUT2D eigenvalue weighted by atomic mass is 19.4. The van der Waals surface area contributed by atoms with Crippen molar-refractivity contribution in [3.63, 3.8) is 0 Å². The molecular weight excluding hydrogens is 786 g/mol. The van der Waals surface area contributed by atoms with Gasteiger partial charge in [-0.25, -0.2) is 9.59 Å².